The monoisotopic (exact) mass is 184 g/mol. The number of nitrogens with zero attached hydrogens (tertiary/aromatic N) is 3. The second kappa shape index (κ2) is 4.58. The largest absolute Gasteiger partial charge is 0.347 e. The van der Waals surface area contributed by atoms with Crippen molar-refractivity contribution >= 4 is 5.91 Å². The van der Waals surface area contributed by atoms with Crippen LogP contribution in [0.5, 0.6) is 0 Å². The Labute approximate surface area is 79.9 Å². The summed E-state index contributed by atoms with van der Waals surface area (Å²) in [6.45, 7) is 2.56. The number of likely N-dealkylation sites (N-methyl/N-ethyl adjacent to an activating group) is 2. The number of hydrogen-bond donors (Lipinski definition) is 0. The molecule has 75 valence electrons. The van der Waals surface area contributed by atoms with Gasteiger partial charge in [0.25, 0.3) is 0 Å². The number of carbonyl (C=O) groups excluding carboxylic acids is 1. The van der Waals surface area contributed by atoms with E-state index in [2.05, 4.69) is 10.2 Å². The van der Waals surface area contributed by atoms with Crippen LogP contribution < -0.4 is 5.32 Å². The van der Waals surface area contributed by atoms with Crippen molar-refractivity contribution in [2.24, 2.45) is 0 Å². The highest BCUT2D eigenvalue weighted by Crippen LogP contribution is 2.06. The van der Waals surface area contributed by atoms with Crippen LogP contribution in [0.1, 0.15) is 6.42 Å². The van der Waals surface area contributed by atoms with E-state index in [9.17, 15) is 4.79 Å². The summed E-state index contributed by atoms with van der Waals surface area (Å²) < 4.78 is 0. The molecule has 0 aromatic carbocycles. The van der Waals surface area contributed by atoms with E-state index in [0.29, 0.717) is 0 Å². The van der Waals surface area contributed by atoms with Gasteiger partial charge in [0.2, 0.25) is 5.91 Å². The predicted octanol–water partition coefficient (Wildman–Crippen LogP) is -0.617. The average molecular weight is 184 g/mol. The maximum absolute atomic E-state index is 11.7. The van der Waals surface area contributed by atoms with Gasteiger partial charge < -0.3 is 4.90 Å². The molecule has 1 atom stereocenters. The zero-order valence-electron chi connectivity index (χ0n) is 8.66. The lowest BCUT2D eigenvalue weighted by Crippen LogP contribution is -2.44. The molecule has 1 amide bonds. The van der Waals surface area contributed by atoms with Gasteiger partial charge in [0, 0.05) is 33.7 Å². The summed E-state index contributed by atoms with van der Waals surface area (Å²) in [5.41, 5.74) is 0. The first-order valence-electron chi connectivity index (χ1n) is 4.67. The molecule has 0 saturated carbocycles. The molecule has 0 aromatic rings. The fourth-order valence-corrected chi connectivity index (χ4v) is 1.54. The van der Waals surface area contributed by atoms with Gasteiger partial charge in [0.1, 0.15) is 0 Å². The van der Waals surface area contributed by atoms with Crippen LogP contribution in [0.4, 0.5) is 0 Å². The Balaban J connectivity index is 2.58. The molecule has 1 aliphatic heterocycles. The summed E-state index contributed by atoms with van der Waals surface area (Å²) in [6.07, 6.45) is 0.855. The van der Waals surface area contributed by atoms with Gasteiger partial charge in [0.05, 0.1) is 6.04 Å². The minimum atomic E-state index is 0.0289. The topological polar surface area (TPSA) is 37.7 Å². The van der Waals surface area contributed by atoms with Crippen molar-refractivity contribution in [3.63, 3.8) is 0 Å². The summed E-state index contributed by atoms with van der Waals surface area (Å²) in [7, 11) is 5.60. The normalized spacial score (nSPS) is 25.3. The van der Waals surface area contributed by atoms with E-state index in [0.717, 1.165) is 26.1 Å². The van der Waals surface area contributed by atoms with E-state index in [1.54, 1.807) is 19.0 Å². The lowest BCUT2D eigenvalue weighted by molar-refractivity contribution is -0.133. The van der Waals surface area contributed by atoms with Crippen LogP contribution in [0.15, 0.2) is 0 Å². The molecule has 0 aromatic heterocycles. The van der Waals surface area contributed by atoms with Crippen LogP contribution in [0.3, 0.4) is 0 Å². The third-order valence-corrected chi connectivity index (χ3v) is 2.43. The predicted molar refractivity (Wildman–Crippen MR) is 51.6 cm³/mol. The van der Waals surface area contributed by atoms with Gasteiger partial charge >= 0.3 is 0 Å². The lowest BCUT2D eigenvalue weighted by Gasteiger charge is -2.26. The van der Waals surface area contributed by atoms with Crippen molar-refractivity contribution in [1.82, 2.24) is 15.1 Å². The summed E-state index contributed by atoms with van der Waals surface area (Å²) >= 11 is 0. The Morgan fingerprint density at radius 2 is 2.15 bits per heavy atom. The fraction of sp³-hybridized carbons (Fsp3) is 0.889. The van der Waals surface area contributed by atoms with Crippen LogP contribution in [0.25, 0.3) is 0 Å². The molecule has 1 unspecified atom stereocenters. The molecule has 0 spiro atoms. The van der Waals surface area contributed by atoms with Gasteiger partial charge in [-0.2, -0.15) is 0 Å². The first-order chi connectivity index (χ1) is 6.13. The quantitative estimate of drug-likeness (QED) is 0.545. The number of hydrogen-bond acceptors (Lipinski definition) is 2. The van der Waals surface area contributed by atoms with Crippen LogP contribution in [0.2, 0.25) is 0 Å². The van der Waals surface area contributed by atoms with E-state index < -0.39 is 0 Å². The highest BCUT2D eigenvalue weighted by Gasteiger charge is 2.25. The van der Waals surface area contributed by atoms with Crippen molar-refractivity contribution in [2.75, 3.05) is 40.8 Å². The maximum Gasteiger partial charge on any atom is 0.239 e. The molecule has 1 rings (SSSR count). The van der Waals surface area contributed by atoms with Crippen LogP contribution in [0, 0.1) is 0 Å². The summed E-state index contributed by atoms with van der Waals surface area (Å²) in [6, 6.07) is 0.0289. The van der Waals surface area contributed by atoms with Crippen molar-refractivity contribution < 1.29 is 4.79 Å². The lowest BCUT2D eigenvalue weighted by atomic mass is 10.1. The minimum absolute atomic E-state index is 0.0289. The molecule has 1 aliphatic rings. The number of carbonyl (C=O) groups is 1. The average Bonchev–Trinajstić information content (AvgIpc) is 2.28. The molecule has 1 heterocycles. The van der Waals surface area contributed by atoms with Gasteiger partial charge in [-0.3, -0.25) is 9.69 Å². The molecular weight excluding hydrogens is 166 g/mol. The molecule has 0 aliphatic carbocycles. The smallest absolute Gasteiger partial charge is 0.239 e. The van der Waals surface area contributed by atoms with E-state index >= 15 is 0 Å². The standard InChI is InChI=1S/C9H18N3O/c1-11(2)9(13)8-4-5-10-6-7-12(8)3/h8H,4-7H2,1-3H3. The summed E-state index contributed by atoms with van der Waals surface area (Å²) in [5, 5.41) is 4.30. The second-order valence-corrected chi connectivity index (χ2v) is 3.69. The Hall–Kier alpha value is -0.610. The Morgan fingerprint density at radius 1 is 1.46 bits per heavy atom. The molecule has 1 saturated heterocycles. The van der Waals surface area contributed by atoms with Crippen molar-refractivity contribution in [1.29, 1.82) is 0 Å². The second-order valence-electron chi connectivity index (χ2n) is 3.69. The van der Waals surface area contributed by atoms with Gasteiger partial charge in [-0.15, -0.1) is 0 Å². The van der Waals surface area contributed by atoms with Gasteiger partial charge in [-0.05, 0) is 13.5 Å². The Bertz CT molecular complexity index is 182. The summed E-state index contributed by atoms with van der Waals surface area (Å²) in [4.78, 5) is 15.5. The maximum atomic E-state index is 11.7. The first kappa shape index (κ1) is 10.5. The molecule has 13 heavy (non-hydrogen) atoms. The highest BCUT2D eigenvalue weighted by atomic mass is 16.2. The van der Waals surface area contributed by atoms with Crippen molar-refractivity contribution in [3.8, 4) is 0 Å². The van der Waals surface area contributed by atoms with Crippen molar-refractivity contribution in [2.45, 2.75) is 12.5 Å². The fourth-order valence-electron chi connectivity index (χ4n) is 1.54. The molecule has 0 N–H and O–H groups in total. The SMILES string of the molecule is CN(C)C(=O)C1CC[N]CCN1C. The van der Waals surface area contributed by atoms with Crippen LogP contribution in [-0.4, -0.2) is 62.5 Å². The summed E-state index contributed by atoms with van der Waals surface area (Å²) in [5.74, 6) is 0.194. The van der Waals surface area contributed by atoms with Crippen LogP contribution >= 0.6 is 0 Å². The minimum Gasteiger partial charge on any atom is -0.347 e. The zero-order chi connectivity index (χ0) is 9.84. The van der Waals surface area contributed by atoms with Crippen LogP contribution in [-0.2, 0) is 4.79 Å². The van der Waals surface area contributed by atoms with Gasteiger partial charge in [-0.1, -0.05) is 0 Å². The molecule has 0 bridgehead atoms. The third kappa shape index (κ3) is 2.67. The van der Waals surface area contributed by atoms with E-state index in [1.807, 2.05) is 7.05 Å². The first-order valence-corrected chi connectivity index (χ1v) is 4.67. The van der Waals surface area contributed by atoms with Gasteiger partial charge in [-0.25, -0.2) is 5.32 Å². The molecule has 1 fully saturated rings. The molecule has 1 radical (unpaired) electrons. The third-order valence-electron chi connectivity index (χ3n) is 2.43. The molecule has 4 nitrogen and oxygen atoms in total. The molecule has 4 heteroatoms. The molecular formula is C9H18N3O. The van der Waals surface area contributed by atoms with Gasteiger partial charge in [0.15, 0.2) is 0 Å². The Morgan fingerprint density at radius 3 is 2.77 bits per heavy atom. The van der Waals surface area contributed by atoms with E-state index in [4.69, 9.17) is 0 Å². The number of rotatable bonds is 1. The zero-order valence-corrected chi connectivity index (χ0v) is 8.66. The van der Waals surface area contributed by atoms with E-state index in [-0.39, 0.29) is 11.9 Å². The van der Waals surface area contributed by atoms with E-state index in [1.165, 1.54) is 0 Å². The van der Waals surface area contributed by atoms with Crippen molar-refractivity contribution in [3.05, 3.63) is 0 Å². The number of amides is 1. The highest BCUT2D eigenvalue weighted by molar-refractivity contribution is 5.81. The Kier molecular flexibility index (Phi) is 3.69.